The summed E-state index contributed by atoms with van der Waals surface area (Å²) in [6.45, 7) is 3.63. The third-order valence-electron chi connectivity index (χ3n) is 5.40. The summed E-state index contributed by atoms with van der Waals surface area (Å²) >= 11 is 0. The Morgan fingerprint density at radius 2 is 2.04 bits per heavy atom. The Morgan fingerprint density at radius 3 is 2.89 bits per heavy atom. The van der Waals surface area contributed by atoms with Crippen LogP contribution in [0.3, 0.4) is 0 Å². The normalized spacial score (nSPS) is 17.5. The summed E-state index contributed by atoms with van der Waals surface area (Å²) in [5.74, 6) is 0.910. The van der Waals surface area contributed by atoms with Gasteiger partial charge >= 0.3 is 0 Å². The Morgan fingerprint density at radius 1 is 1.04 bits per heavy atom. The van der Waals surface area contributed by atoms with Crippen molar-refractivity contribution in [3.05, 3.63) is 78.4 Å². The van der Waals surface area contributed by atoms with Gasteiger partial charge in [0.05, 0.1) is 5.69 Å². The monoisotopic (exact) mass is 376 g/mol. The average molecular weight is 377 g/mol. The Labute approximate surface area is 167 Å². The molecule has 1 aromatic carbocycles. The second kappa shape index (κ2) is 9.51. The maximum Gasteiger partial charge on any atom is 0.130 e. The summed E-state index contributed by atoms with van der Waals surface area (Å²) in [5.41, 5.74) is 2.26. The van der Waals surface area contributed by atoms with Gasteiger partial charge in [-0.3, -0.25) is 14.6 Å². The molecular weight excluding hydrogens is 348 g/mol. The van der Waals surface area contributed by atoms with E-state index in [1.54, 1.807) is 6.20 Å². The number of benzene rings is 1. The first-order valence-electron chi connectivity index (χ1n) is 10.2. The van der Waals surface area contributed by atoms with Crippen molar-refractivity contribution in [3.8, 4) is 5.75 Å². The van der Waals surface area contributed by atoms with Crippen LogP contribution in [0.2, 0.25) is 0 Å². The molecule has 1 aliphatic heterocycles. The van der Waals surface area contributed by atoms with Gasteiger partial charge < -0.3 is 4.74 Å². The summed E-state index contributed by atoms with van der Waals surface area (Å²) in [7, 11) is 0. The van der Waals surface area contributed by atoms with E-state index in [4.69, 9.17) is 4.74 Å². The lowest BCUT2D eigenvalue weighted by Gasteiger charge is -2.36. The number of nitrogens with zero attached hydrogens (tertiary/aromatic N) is 4. The van der Waals surface area contributed by atoms with E-state index >= 15 is 0 Å². The number of piperidine rings is 1. The molecule has 2 aromatic heterocycles. The van der Waals surface area contributed by atoms with Gasteiger partial charge in [-0.15, -0.1) is 0 Å². The molecule has 5 heteroatoms. The molecular formula is C23H28N4O. The van der Waals surface area contributed by atoms with E-state index in [1.165, 1.54) is 31.4 Å². The third-order valence-corrected chi connectivity index (χ3v) is 5.40. The van der Waals surface area contributed by atoms with Crippen LogP contribution in [-0.2, 0) is 19.7 Å². The fourth-order valence-corrected chi connectivity index (χ4v) is 3.92. The Kier molecular flexibility index (Phi) is 6.35. The highest BCUT2D eigenvalue weighted by Crippen LogP contribution is 2.24. The van der Waals surface area contributed by atoms with Gasteiger partial charge in [-0.1, -0.05) is 24.6 Å². The molecule has 3 heterocycles. The highest BCUT2D eigenvalue weighted by atomic mass is 16.5. The van der Waals surface area contributed by atoms with Crippen LogP contribution in [0.4, 0.5) is 0 Å². The van der Waals surface area contributed by atoms with Crippen molar-refractivity contribution in [2.24, 2.45) is 0 Å². The van der Waals surface area contributed by atoms with Crippen molar-refractivity contribution >= 4 is 0 Å². The Bertz CT molecular complexity index is 835. The molecule has 1 fully saturated rings. The minimum atomic E-state index is 0.500. The minimum Gasteiger partial charge on any atom is -0.487 e. The van der Waals surface area contributed by atoms with Crippen LogP contribution in [0, 0.1) is 0 Å². The molecule has 1 saturated heterocycles. The topological polar surface area (TPSA) is 43.2 Å². The number of rotatable bonds is 8. The van der Waals surface area contributed by atoms with E-state index in [-0.39, 0.29) is 0 Å². The van der Waals surface area contributed by atoms with Gasteiger partial charge in [0.1, 0.15) is 12.4 Å². The molecule has 1 aliphatic rings. The van der Waals surface area contributed by atoms with Crippen molar-refractivity contribution < 1.29 is 4.74 Å². The van der Waals surface area contributed by atoms with Crippen LogP contribution < -0.4 is 4.74 Å². The maximum absolute atomic E-state index is 5.95. The molecule has 1 atom stereocenters. The molecule has 0 amide bonds. The Balaban J connectivity index is 1.35. The molecule has 3 aromatic rings. The molecule has 0 N–H and O–H groups in total. The third kappa shape index (κ3) is 5.20. The standard InChI is InChI=1S/C23H28N4O/c1-3-12-24-21(8-1)19-28-23-10-5-7-20(17-23)18-26-14-4-2-9-22(26)11-16-27-15-6-13-25-27/h1,3,5-8,10,12-13,15,17,22H,2,4,9,11,14,16,18-19H2/t22-/m1/s1. The highest BCUT2D eigenvalue weighted by molar-refractivity contribution is 5.28. The van der Waals surface area contributed by atoms with Crippen molar-refractivity contribution in [2.75, 3.05) is 6.54 Å². The molecule has 0 radical (unpaired) electrons. The van der Waals surface area contributed by atoms with Gasteiger partial charge in [-0.25, -0.2) is 0 Å². The summed E-state index contributed by atoms with van der Waals surface area (Å²) < 4.78 is 7.99. The second-order valence-electron chi connectivity index (χ2n) is 7.44. The van der Waals surface area contributed by atoms with Crippen molar-refractivity contribution in [1.82, 2.24) is 19.7 Å². The van der Waals surface area contributed by atoms with E-state index in [0.29, 0.717) is 12.6 Å². The van der Waals surface area contributed by atoms with Crippen LogP contribution in [0.15, 0.2) is 67.1 Å². The predicted molar refractivity (Wildman–Crippen MR) is 110 cm³/mol. The highest BCUT2D eigenvalue weighted by Gasteiger charge is 2.22. The van der Waals surface area contributed by atoms with Crippen LogP contribution in [0.1, 0.15) is 36.9 Å². The first-order chi connectivity index (χ1) is 13.9. The quantitative estimate of drug-likeness (QED) is 0.588. The largest absolute Gasteiger partial charge is 0.487 e. The second-order valence-corrected chi connectivity index (χ2v) is 7.44. The van der Waals surface area contributed by atoms with Gasteiger partial charge in [0, 0.05) is 37.7 Å². The lowest BCUT2D eigenvalue weighted by Crippen LogP contribution is -2.39. The number of hydrogen-bond acceptors (Lipinski definition) is 4. The van der Waals surface area contributed by atoms with E-state index in [0.717, 1.165) is 31.0 Å². The van der Waals surface area contributed by atoms with Gasteiger partial charge in [0.2, 0.25) is 0 Å². The smallest absolute Gasteiger partial charge is 0.130 e. The zero-order chi connectivity index (χ0) is 19.0. The first-order valence-corrected chi connectivity index (χ1v) is 10.2. The fraction of sp³-hybridized carbons (Fsp3) is 0.391. The molecule has 0 spiro atoms. The maximum atomic E-state index is 5.95. The van der Waals surface area contributed by atoms with Gasteiger partial charge in [-0.2, -0.15) is 5.10 Å². The van der Waals surface area contributed by atoms with Crippen LogP contribution in [0.5, 0.6) is 5.75 Å². The number of ether oxygens (including phenoxy) is 1. The summed E-state index contributed by atoms with van der Waals surface area (Å²) in [4.78, 5) is 6.95. The average Bonchev–Trinajstić information content (AvgIpc) is 3.26. The van der Waals surface area contributed by atoms with Crippen molar-refractivity contribution in [1.29, 1.82) is 0 Å². The first kappa shape index (κ1) is 18.7. The molecule has 0 bridgehead atoms. The van der Waals surface area contributed by atoms with Crippen molar-refractivity contribution in [3.63, 3.8) is 0 Å². The molecule has 146 valence electrons. The number of pyridine rings is 1. The summed E-state index contributed by atoms with van der Waals surface area (Å²) in [6, 6.07) is 17.0. The molecule has 5 nitrogen and oxygen atoms in total. The molecule has 0 saturated carbocycles. The number of hydrogen-bond donors (Lipinski definition) is 0. The Hall–Kier alpha value is -2.66. The lowest BCUT2D eigenvalue weighted by atomic mass is 9.98. The van der Waals surface area contributed by atoms with Crippen LogP contribution >= 0.6 is 0 Å². The van der Waals surface area contributed by atoms with Crippen molar-refractivity contribution in [2.45, 2.75) is 51.4 Å². The summed E-state index contributed by atoms with van der Waals surface area (Å²) in [6.07, 6.45) is 10.7. The van der Waals surface area contributed by atoms with Gasteiger partial charge in [0.15, 0.2) is 0 Å². The van der Waals surface area contributed by atoms with E-state index in [1.807, 2.05) is 41.2 Å². The number of likely N-dealkylation sites (tertiary alicyclic amines) is 1. The number of aryl methyl sites for hydroxylation is 1. The van der Waals surface area contributed by atoms with Gasteiger partial charge in [-0.05, 0) is 61.7 Å². The minimum absolute atomic E-state index is 0.500. The predicted octanol–water partition coefficient (Wildman–Crippen LogP) is 4.30. The zero-order valence-electron chi connectivity index (χ0n) is 16.3. The van der Waals surface area contributed by atoms with Crippen LogP contribution in [0.25, 0.3) is 0 Å². The van der Waals surface area contributed by atoms with E-state index < -0.39 is 0 Å². The lowest BCUT2D eigenvalue weighted by molar-refractivity contribution is 0.127. The molecule has 0 aliphatic carbocycles. The molecule has 4 rings (SSSR count). The van der Waals surface area contributed by atoms with Gasteiger partial charge in [0.25, 0.3) is 0 Å². The zero-order valence-corrected chi connectivity index (χ0v) is 16.3. The SMILES string of the molecule is c1ccc(COc2cccc(CN3CCCC[C@@H]3CCn3cccn3)c2)nc1. The van der Waals surface area contributed by atoms with E-state index in [2.05, 4.69) is 39.4 Å². The fourth-order valence-electron chi connectivity index (χ4n) is 3.92. The van der Waals surface area contributed by atoms with E-state index in [9.17, 15) is 0 Å². The molecule has 28 heavy (non-hydrogen) atoms. The number of aromatic nitrogens is 3. The summed E-state index contributed by atoms with van der Waals surface area (Å²) in [5, 5.41) is 4.34. The van der Waals surface area contributed by atoms with Crippen LogP contribution in [-0.4, -0.2) is 32.3 Å². The molecule has 0 unspecified atom stereocenters.